The molecule has 106 valence electrons. The third kappa shape index (κ3) is 2.93. The molecule has 19 heavy (non-hydrogen) atoms. The Labute approximate surface area is 118 Å². The van der Waals surface area contributed by atoms with E-state index in [0.717, 1.165) is 38.5 Å². The van der Waals surface area contributed by atoms with Crippen molar-refractivity contribution in [3.05, 3.63) is 34.6 Å². The van der Waals surface area contributed by atoms with E-state index in [4.69, 9.17) is 17.3 Å². The average molecular weight is 286 g/mol. The Bertz CT molecular complexity index is 410. The summed E-state index contributed by atoms with van der Waals surface area (Å²) in [5, 5.41) is 11.0. The Morgan fingerprint density at radius 3 is 2.42 bits per heavy atom. The molecule has 1 atom stereocenters. The van der Waals surface area contributed by atoms with Crippen LogP contribution in [0.15, 0.2) is 18.2 Å². The molecule has 0 heterocycles. The SMILES string of the molecule is NCC1(C(O)c2c(F)cccc2Cl)CCCCCC1. The van der Waals surface area contributed by atoms with Crippen molar-refractivity contribution in [1.29, 1.82) is 0 Å². The van der Waals surface area contributed by atoms with Crippen LogP contribution in [0.1, 0.15) is 50.2 Å². The van der Waals surface area contributed by atoms with E-state index in [9.17, 15) is 9.50 Å². The lowest BCUT2D eigenvalue weighted by Gasteiger charge is -2.37. The highest BCUT2D eigenvalue weighted by Crippen LogP contribution is 2.46. The molecule has 0 bridgehead atoms. The van der Waals surface area contributed by atoms with Gasteiger partial charge in [0.1, 0.15) is 5.82 Å². The summed E-state index contributed by atoms with van der Waals surface area (Å²) in [6.45, 7) is 0.360. The lowest BCUT2D eigenvalue weighted by Crippen LogP contribution is -2.37. The molecule has 0 saturated heterocycles. The Hall–Kier alpha value is -0.640. The Kier molecular flexibility index (Phi) is 4.82. The number of benzene rings is 1. The van der Waals surface area contributed by atoms with Gasteiger partial charge in [-0.3, -0.25) is 0 Å². The summed E-state index contributed by atoms with van der Waals surface area (Å²) in [4.78, 5) is 0. The van der Waals surface area contributed by atoms with E-state index in [2.05, 4.69) is 0 Å². The van der Waals surface area contributed by atoms with Crippen molar-refractivity contribution in [3.8, 4) is 0 Å². The van der Waals surface area contributed by atoms with Crippen LogP contribution < -0.4 is 5.73 Å². The zero-order chi connectivity index (χ0) is 13.9. The molecule has 1 aliphatic rings. The fourth-order valence-electron chi connectivity index (χ4n) is 3.10. The smallest absolute Gasteiger partial charge is 0.130 e. The number of hydrogen-bond donors (Lipinski definition) is 2. The number of hydrogen-bond acceptors (Lipinski definition) is 2. The topological polar surface area (TPSA) is 46.2 Å². The third-order valence-electron chi connectivity index (χ3n) is 4.36. The molecule has 1 aromatic rings. The molecule has 3 N–H and O–H groups in total. The molecule has 0 amide bonds. The predicted molar refractivity (Wildman–Crippen MR) is 75.6 cm³/mol. The first-order valence-corrected chi connectivity index (χ1v) is 7.30. The highest BCUT2D eigenvalue weighted by molar-refractivity contribution is 6.31. The zero-order valence-electron chi connectivity index (χ0n) is 11.0. The van der Waals surface area contributed by atoms with Crippen LogP contribution in [0, 0.1) is 11.2 Å². The minimum absolute atomic E-state index is 0.205. The zero-order valence-corrected chi connectivity index (χ0v) is 11.8. The van der Waals surface area contributed by atoms with Gasteiger partial charge in [-0.2, -0.15) is 0 Å². The number of nitrogens with two attached hydrogens (primary N) is 1. The quantitative estimate of drug-likeness (QED) is 0.830. The van der Waals surface area contributed by atoms with Gasteiger partial charge >= 0.3 is 0 Å². The van der Waals surface area contributed by atoms with Gasteiger partial charge in [0.15, 0.2) is 0 Å². The van der Waals surface area contributed by atoms with E-state index in [1.54, 1.807) is 12.1 Å². The summed E-state index contributed by atoms with van der Waals surface area (Å²) < 4.78 is 14.0. The van der Waals surface area contributed by atoms with Gasteiger partial charge in [0.25, 0.3) is 0 Å². The van der Waals surface area contributed by atoms with Crippen LogP contribution in [-0.2, 0) is 0 Å². The molecule has 1 unspecified atom stereocenters. The van der Waals surface area contributed by atoms with E-state index in [1.165, 1.54) is 6.07 Å². The van der Waals surface area contributed by atoms with Crippen molar-refractivity contribution in [1.82, 2.24) is 0 Å². The second-order valence-corrected chi connectivity index (χ2v) is 5.93. The highest BCUT2D eigenvalue weighted by atomic mass is 35.5. The molecule has 1 saturated carbocycles. The van der Waals surface area contributed by atoms with Gasteiger partial charge < -0.3 is 10.8 Å². The van der Waals surface area contributed by atoms with Gasteiger partial charge in [0.2, 0.25) is 0 Å². The van der Waals surface area contributed by atoms with Gasteiger partial charge in [-0.15, -0.1) is 0 Å². The lowest BCUT2D eigenvalue weighted by molar-refractivity contribution is 0.0142. The largest absolute Gasteiger partial charge is 0.388 e. The molecule has 0 radical (unpaired) electrons. The molecule has 0 aliphatic heterocycles. The molecular weight excluding hydrogens is 265 g/mol. The van der Waals surface area contributed by atoms with Crippen LogP contribution in [-0.4, -0.2) is 11.7 Å². The molecule has 4 heteroatoms. The maximum Gasteiger partial charge on any atom is 0.130 e. The van der Waals surface area contributed by atoms with Gasteiger partial charge in [-0.05, 0) is 25.0 Å². The second kappa shape index (κ2) is 6.21. The van der Waals surface area contributed by atoms with Crippen molar-refractivity contribution in [3.63, 3.8) is 0 Å². The molecule has 2 rings (SSSR count). The summed E-state index contributed by atoms with van der Waals surface area (Å²) in [6.07, 6.45) is 5.09. The summed E-state index contributed by atoms with van der Waals surface area (Å²) >= 11 is 6.06. The molecular formula is C15H21ClFNO. The standard InChI is InChI=1S/C15H21ClFNO/c16-11-6-5-7-12(17)13(11)14(19)15(10-18)8-3-1-2-4-9-15/h5-7,14,19H,1-4,8-10,18H2. The summed E-state index contributed by atoms with van der Waals surface area (Å²) in [7, 11) is 0. The van der Waals surface area contributed by atoms with E-state index >= 15 is 0 Å². The van der Waals surface area contributed by atoms with Crippen molar-refractivity contribution in [2.24, 2.45) is 11.1 Å². The minimum Gasteiger partial charge on any atom is -0.388 e. The van der Waals surface area contributed by atoms with E-state index in [-0.39, 0.29) is 10.6 Å². The minimum atomic E-state index is -0.927. The summed E-state index contributed by atoms with van der Waals surface area (Å²) in [5.74, 6) is -0.447. The van der Waals surface area contributed by atoms with Crippen molar-refractivity contribution < 1.29 is 9.50 Å². The summed E-state index contributed by atoms with van der Waals surface area (Å²) in [6, 6.07) is 4.51. The molecule has 2 nitrogen and oxygen atoms in total. The molecule has 1 fully saturated rings. The molecule has 1 aromatic carbocycles. The Balaban J connectivity index is 2.36. The van der Waals surface area contributed by atoms with Crippen LogP contribution in [0.3, 0.4) is 0 Å². The second-order valence-electron chi connectivity index (χ2n) is 5.52. The van der Waals surface area contributed by atoms with Crippen molar-refractivity contribution in [2.75, 3.05) is 6.54 Å². The average Bonchev–Trinajstić information content (AvgIpc) is 2.64. The van der Waals surface area contributed by atoms with Gasteiger partial charge in [-0.1, -0.05) is 43.4 Å². The number of aliphatic hydroxyl groups excluding tert-OH is 1. The first kappa shape index (κ1) is 14.8. The van der Waals surface area contributed by atoms with Crippen LogP contribution in [0.5, 0.6) is 0 Å². The molecule has 1 aliphatic carbocycles. The van der Waals surface area contributed by atoms with Crippen molar-refractivity contribution >= 4 is 11.6 Å². The van der Waals surface area contributed by atoms with Gasteiger partial charge in [-0.25, -0.2) is 4.39 Å². The lowest BCUT2D eigenvalue weighted by atomic mass is 9.73. The monoisotopic (exact) mass is 285 g/mol. The van der Waals surface area contributed by atoms with Crippen LogP contribution >= 0.6 is 11.6 Å². The normalized spacial score (nSPS) is 20.8. The first-order chi connectivity index (χ1) is 9.10. The van der Waals surface area contributed by atoms with Crippen molar-refractivity contribution in [2.45, 2.75) is 44.6 Å². The van der Waals surface area contributed by atoms with E-state index in [0.29, 0.717) is 6.54 Å². The molecule has 0 spiro atoms. The highest BCUT2D eigenvalue weighted by Gasteiger charge is 2.39. The van der Waals surface area contributed by atoms with E-state index < -0.39 is 17.3 Å². The maximum atomic E-state index is 14.0. The van der Waals surface area contributed by atoms with E-state index in [1.807, 2.05) is 0 Å². The van der Waals surface area contributed by atoms with Crippen LogP contribution in [0.4, 0.5) is 4.39 Å². The summed E-state index contributed by atoms with van der Waals surface area (Å²) in [5.41, 5.74) is 5.68. The number of aliphatic hydroxyl groups is 1. The first-order valence-electron chi connectivity index (χ1n) is 6.93. The Morgan fingerprint density at radius 1 is 1.26 bits per heavy atom. The van der Waals surface area contributed by atoms with Gasteiger partial charge in [0.05, 0.1) is 6.10 Å². The number of rotatable bonds is 3. The molecule has 0 aromatic heterocycles. The fourth-order valence-corrected chi connectivity index (χ4v) is 3.37. The predicted octanol–water partition coefficient (Wildman–Crippen LogP) is 3.81. The third-order valence-corrected chi connectivity index (χ3v) is 4.69. The van der Waals surface area contributed by atoms with Gasteiger partial charge in [0, 0.05) is 22.5 Å². The maximum absolute atomic E-state index is 14.0. The fraction of sp³-hybridized carbons (Fsp3) is 0.600. The Morgan fingerprint density at radius 2 is 1.89 bits per heavy atom. The van der Waals surface area contributed by atoms with Crippen LogP contribution in [0.25, 0.3) is 0 Å². The van der Waals surface area contributed by atoms with Crippen LogP contribution in [0.2, 0.25) is 5.02 Å². The number of halogens is 2.